The number of fused-ring (bicyclic) bond motifs is 1. The van der Waals surface area contributed by atoms with E-state index in [-0.39, 0.29) is 12.7 Å². The molecule has 1 fully saturated rings. The molecule has 178 valence electrons. The third kappa shape index (κ3) is 5.97. The summed E-state index contributed by atoms with van der Waals surface area (Å²) >= 11 is 0. The molecular formula is C26H34N2O5. The average molecular weight is 455 g/mol. The zero-order valence-electron chi connectivity index (χ0n) is 19.7. The third-order valence-corrected chi connectivity index (χ3v) is 6.01. The van der Waals surface area contributed by atoms with Crippen molar-refractivity contribution in [2.75, 3.05) is 46.2 Å². The first-order valence-corrected chi connectivity index (χ1v) is 11.9. The second-order valence-electron chi connectivity index (χ2n) is 8.42. The quantitative estimate of drug-likeness (QED) is 0.504. The maximum absolute atomic E-state index is 13.2. The highest BCUT2D eigenvalue weighted by atomic mass is 16.7. The molecule has 4 rings (SSSR count). The van der Waals surface area contributed by atoms with Crippen molar-refractivity contribution in [3.8, 4) is 17.2 Å². The van der Waals surface area contributed by atoms with Gasteiger partial charge in [-0.05, 0) is 49.2 Å². The minimum absolute atomic E-state index is 0.0654. The van der Waals surface area contributed by atoms with Gasteiger partial charge in [0.1, 0.15) is 5.75 Å². The van der Waals surface area contributed by atoms with Gasteiger partial charge in [-0.25, -0.2) is 0 Å². The first-order chi connectivity index (χ1) is 16.2. The Labute approximate surface area is 196 Å². The predicted octanol–water partition coefficient (Wildman–Crippen LogP) is 4.09. The Hall–Kier alpha value is -2.77. The monoisotopic (exact) mass is 454 g/mol. The van der Waals surface area contributed by atoms with Gasteiger partial charge in [0.2, 0.25) is 6.79 Å². The summed E-state index contributed by atoms with van der Waals surface area (Å²) in [5.41, 5.74) is 2.82. The highest BCUT2D eigenvalue weighted by Crippen LogP contribution is 2.33. The summed E-state index contributed by atoms with van der Waals surface area (Å²) < 4.78 is 22.4. The number of carbonyl (C=O) groups excluding carboxylic acids is 1. The van der Waals surface area contributed by atoms with E-state index in [0.29, 0.717) is 38.5 Å². The number of piperazine rings is 1. The van der Waals surface area contributed by atoms with Gasteiger partial charge in [0.05, 0.1) is 13.2 Å². The summed E-state index contributed by atoms with van der Waals surface area (Å²) in [5.74, 6) is 2.47. The molecule has 7 heteroatoms. The number of benzene rings is 2. The largest absolute Gasteiger partial charge is 0.494 e. The van der Waals surface area contributed by atoms with E-state index in [2.05, 4.69) is 17.9 Å². The van der Waals surface area contributed by atoms with Crippen LogP contribution in [-0.2, 0) is 17.9 Å². The molecule has 0 unspecified atom stereocenters. The summed E-state index contributed by atoms with van der Waals surface area (Å²) in [5, 5.41) is 0. The number of hydrogen-bond donors (Lipinski definition) is 0. The van der Waals surface area contributed by atoms with Crippen LogP contribution in [0.2, 0.25) is 0 Å². The number of nitrogens with zero attached hydrogens (tertiary/aromatic N) is 2. The van der Waals surface area contributed by atoms with Crippen LogP contribution in [0.1, 0.15) is 48.2 Å². The first kappa shape index (κ1) is 23.4. The molecule has 2 aromatic rings. The second-order valence-corrected chi connectivity index (χ2v) is 8.42. The normalized spacial score (nSPS) is 15.6. The zero-order chi connectivity index (χ0) is 23.0. The van der Waals surface area contributed by atoms with Crippen molar-refractivity contribution in [1.82, 2.24) is 9.80 Å². The van der Waals surface area contributed by atoms with Crippen LogP contribution in [0.4, 0.5) is 0 Å². The molecule has 0 bridgehead atoms. The van der Waals surface area contributed by atoms with E-state index >= 15 is 0 Å². The SMILES string of the molecule is CCCCOCc1cc(C(=O)N2CCN(Cc3ccc4c(c3)OCO4)CC2)ccc1OCC. The Morgan fingerprint density at radius 1 is 1.00 bits per heavy atom. The topological polar surface area (TPSA) is 60.5 Å². The Bertz CT molecular complexity index is 940. The van der Waals surface area contributed by atoms with E-state index in [1.165, 1.54) is 5.56 Å². The van der Waals surface area contributed by atoms with Gasteiger partial charge in [0.25, 0.3) is 5.91 Å². The number of carbonyl (C=O) groups is 1. The number of ether oxygens (including phenoxy) is 4. The van der Waals surface area contributed by atoms with Gasteiger partial charge in [0, 0.05) is 50.5 Å². The molecule has 0 spiro atoms. The van der Waals surface area contributed by atoms with Crippen molar-refractivity contribution in [3.63, 3.8) is 0 Å². The molecule has 0 aromatic heterocycles. The maximum atomic E-state index is 13.2. The number of rotatable bonds is 10. The van der Waals surface area contributed by atoms with E-state index < -0.39 is 0 Å². The molecule has 0 atom stereocenters. The Kier molecular flexibility index (Phi) is 8.07. The molecule has 1 amide bonds. The lowest BCUT2D eigenvalue weighted by Crippen LogP contribution is -2.48. The Morgan fingerprint density at radius 2 is 1.82 bits per heavy atom. The first-order valence-electron chi connectivity index (χ1n) is 11.9. The zero-order valence-corrected chi connectivity index (χ0v) is 19.7. The summed E-state index contributed by atoms with van der Waals surface area (Å²) in [7, 11) is 0. The van der Waals surface area contributed by atoms with Gasteiger partial charge in [-0.2, -0.15) is 0 Å². The molecule has 2 aliphatic heterocycles. The number of unbranched alkanes of at least 4 members (excludes halogenated alkanes) is 1. The van der Waals surface area contributed by atoms with Crippen molar-refractivity contribution in [2.24, 2.45) is 0 Å². The molecule has 0 radical (unpaired) electrons. The van der Waals surface area contributed by atoms with Crippen molar-refractivity contribution >= 4 is 5.91 Å². The standard InChI is InChI=1S/C26H34N2O5/c1-3-5-14-30-18-22-16-21(7-9-23(22)31-4-2)26(29)28-12-10-27(11-13-28)17-20-6-8-24-25(15-20)33-19-32-24/h6-9,15-16H,3-5,10-14,17-19H2,1-2H3. The smallest absolute Gasteiger partial charge is 0.253 e. The van der Waals surface area contributed by atoms with Gasteiger partial charge >= 0.3 is 0 Å². The third-order valence-electron chi connectivity index (χ3n) is 6.01. The summed E-state index contributed by atoms with van der Waals surface area (Å²) in [6, 6.07) is 11.8. The molecule has 1 saturated heterocycles. The van der Waals surface area contributed by atoms with E-state index in [1.54, 1.807) is 0 Å². The Balaban J connectivity index is 1.33. The molecule has 0 saturated carbocycles. The van der Waals surface area contributed by atoms with Crippen LogP contribution in [0.15, 0.2) is 36.4 Å². The van der Waals surface area contributed by atoms with Crippen molar-refractivity contribution in [1.29, 1.82) is 0 Å². The van der Waals surface area contributed by atoms with Gasteiger partial charge in [-0.15, -0.1) is 0 Å². The molecule has 2 heterocycles. The van der Waals surface area contributed by atoms with Crippen LogP contribution in [0.3, 0.4) is 0 Å². The van der Waals surface area contributed by atoms with Crippen LogP contribution >= 0.6 is 0 Å². The van der Waals surface area contributed by atoms with Gasteiger partial charge in [-0.1, -0.05) is 19.4 Å². The lowest BCUT2D eigenvalue weighted by atomic mass is 10.1. The van der Waals surface area contributed by atoms with Crippen LogP contribution in [0.25, 0.3) is 0 Å². The van der Waals surface area contributed by atoms with E-state index in [4.69, 9.17) is 18.9 Å². The molecule has 33 heavy (non-hydrogen) atoms. The molecule has 0 N–H and O–H groups in total. The molecule has 2 aliphatic rings. The summed E-state index contributed by atoms with van der Waals surface area (Å²) in [6.07, 6.45) is 2.12. The minimum Gasteiger partial charge on any atom is -0.494 e. The molecule has 7 nitrogen and oxygen atoms in total. The summed E-state index contributed by atoms with van der Waals surface area (Å²) in [4.78, 5) is 17.5. The van der Waals surface area contributed by atoms with Crippen LogP contribution in [-0.4, -0.2) is 61.9 Å². The fourth-order valence-corrected chi connectivity index (χ4v) is 4.14. The molecule has 2 aromatic carbocycles. The second kappa shape index (κ2) is 11.4. The lowest BCUT2D eigenvalue weighted by Gasteiger charge is -2.35. The fourth-order valence-electron chi connectivity index (χ4n) is 4.14. The van der Waals surface area contributed by atoms with Gasteiger partial charge < -0.3 is 23.8 Å². The Morgan fingerprint density at radius 3 is 2.61 bits per heavy atom. The van der Waals surface area contributed by atoms with Gasteiger partial charge in [-0.3, -0.25) is 9.69 Å². The highest BCUT2D eigenvalue weighted by molar-refractivity contribution is 5.94. The van der Waals surface area contributed by atoms with E-state index in [1.807, 2.05) is 42.2 Å². The van der Waals surface area contributed by atoms with Crippen LogP contribution in [0.5, 0.6) is 17.2 Å². The van der Waals surface area contributed by atoms with Crippen molar-refractivity contribution in [3.05, 3.63) is 53.1 Å². The van der Waals surface area contributed by atoms with Crippen molar-refractivity contribution < 1.29 is 23.7 Å². The molecule has 0 aliphatic carbocycles. The number of amides is 1. The van der Waals surface area contributed by atoms with Gasteiger partial charge in [0.15, 0.2) is 11.5 Å². The average Bonchev–Trinajstić information content (AvgIpc) is 3.31. The predicted molar refractivity (Wildman–Crippen MR) is 126 cm³/mol. The lowest BCUT2D eigenvalue weighted by molar-refractivity contribution is 0.0628. The van der Waals surface area contributed by atoms with Crippen LogP contribution < -0.4 is 14.2 Å². The highest BCUT2D eigenvalue weighted by Gasteiger charge is 2.23. The number of hydrogen-bond acceptors (Lipinski definition) is 6. The van der Waals surface area contributed by atoms with E-state index in [0.717, 1.165) is 55.3 Å². The van der Waals surface area contributed by atoms with Crippen LogP contribution in [0, 0.1) is 0 Å². The minimum atomic E-state index is 0.0654. The van der Waals surface area contributed by atoms with Crippen molar-refractivity contribution in [2.45, 2.75) is 39.8 Å². The fraction of sp³-hybridized carbons (Fsp3) is 0.500. The van der Waals surface area contributed by atoms with E-state index in [9.17, 15) is 4.79 Å². The molecular weight excluding hydrogens is 420 g/mol. The summed E-state index contributed by atoms with van der Waals surface area (Å²) in [6.45, 7) is 10.1. The maximum Gasteiger partial charge on any atom is 0.253 e.